The van der Waals surface area contributed by atoms with Gasteiger partial charge >= 0.3 is 0 Å². The standard InChI is InChI=1S/C20H19ClN4O3S/c1-2-25-19(14-4-3-5-15(21)9-14)23-24-20(25)29-11-18(26)22-10-13-6-7-16-17(8-13)28-12-27-16/h3-9H,2,10-12H2,1H3,(H,22,26). The van der Waals surface area contributed by atoms with Crippen LogP contribution in [-0.2, 0) is 17.9 Å². The molecule has 1 aliphatic rings. The maximum Gasteiger partial charge on any atom is 0.231 e. The molecule has 1 amide bonds. The van der Waals surface area contributed by atoms with Gasteiger partial charge < -0.3 is 19.4 Å². The maximum absolute atomic E-state index is 12.3. The van der Waals surface area contributed by atoms with Crippen LogP contribution in [0.5, 0.6) is 11.5 Å². The van der Waals surface area contributed by atoms with Crippen molar-refractivity contribution in [2.24, 2.45) is 0 Å². The van der Waals surface area contributed by atoms with Crippen molar-refractivity contribution in [1.82, 2.24) is 20.1 Å². The Balaban J connectivity index is 1.35. The lowest BCUT2D eigenvalue weighted by Gasteiger charge is -2.08. The van der Waals surface area contributed by atoms with Gasteiger partial charge in [-0.2, -0.15) is 0 Å². The van der Waals surface area contributed by atoms with E-state index in [0.29, 0.717) is 29.0 Å². The number of ether oxygens (including phenoxy) is 2. The first-order chi connectivity index (χ1) is 14.1. The van der Waals surface area contributed by atoms with Crippen LogP contribution in [0.25, 0.3) is 11.4 Å². The van der Waals surface area contributed by atoms with Crippen molar-refractivity contribution in [3.8, 4) is 22.9 Å². The predicted molar refractivity (Wildman–Crippen MR) is 111 cm³/mol. The van der Waals surface area contributed by atoms with Gasteiger partial charge in [-0.25, -0.2) is 0 Å². The van der Waals surface area contributed by atoms with Crippen LogP contribution >= 0.6 is 23.4 Å². The molecule has 2 heterocycles. The molecule has 0 atom stereocenters. The number of fused-ring (bicyclic) bond motifs is 1. The third-order valence-corrected chi connectivity index (χ3v) is 5.58. The molecule has 7 nitrogen and oxygen atoms in total. The van der Waals surface area contributed by atoms with Gasteiger partial charge in [0.25, 0.3) is 0 Å². The summed E-state index contributed by atoms with van der Waals surface area (Å²) < 4.78 is 12.6. The van der Waals surface area contributed by atoms with Crippen molar-refractivity contribution in [3.05, 3.63) is 53.1 Å². The van der Waals surface area contributed by atoms with E-state index in [1.54, 1.807) is 0 Å². The van der Waals surface area contributed by atoms with Gasteiger partial charge in [0, 0.05) is 23.7 Å². The number of amides is 1. The van der Waals surface area contributed by atoms with Crippen molar-refractivity contribution in [1.29, 1.82) is 0 Å². The topological polar surface area (TPSA) is 78.3 Å². The molecule has 1 N–H and O–H groups in total. The molecule has 150 valence electrons. The molecule has 0 saturated carbocycles. The largest absolute Gasteiger partial charge is 0.454 e. The van der Waals surface area contributed by atoms with Crippen LogP contribution < -0.4 is 14.8 Å². The number of aromatic nitrogens is 3. The highest BCUT2D eigenvalue weighted by Gasteiger charge is 2.16. The lowest BCUT2D eigenvalue weighted by atomic mass is 10.2. The van der Waals surface area contributed by atoms with E-state index in [1.807, 2.05) is 54.0 Å². The van der Waals surface area contributed by atoms with Crippen molar-refractivity contribution in [3.63, 3.8) is 0 Å². The first-order valence-corrected chi connectivity index (χ1v) is 10.5. The Morgan fingerprint density at radius 1 is 1.21 bits per heavy atom. The van der Waals surface area contributed by atoms with Gasteiger partial charge in [0.2, 0.25) is 12.7 Å². The average Bonchev–Trinajstić information content (AvgIpc) is 3.36. The quantitative estimate of drug-likeness (QED) is 0.575. The molecular weight excluding hydrogens is 412 g/mol. The minimum absolute atomic E-state index is 0.0809. The van der Waals surface area contributed by atoms with E-state index in [1.165, 1.54) is 11.8 Å². The Kier molecular flexibility index (Phi) is 5.92. The average molecular weight is 431 g/mol. The molecule has 0 spiro atoms. The summed E-state index contributed by atoms with van der Waals surface area (Å²) in [6.45, 7) is 3.36. The van der Waals surface area contributed by atoms with Crippen LogP contribution in [0.1, 0.15) is 12.5 Å². The number of carbonyl (C=O) groups excluding carboxylic acids is 1. The number of nitrogens with one attached hydrogen (secondary N) is 1. The third kappa shape index (κ3) is 4.49. The zero-order valence-corrected chi connectivity index (χ0v) is 17.3. The Labute approximate surface area is 177 Å². The van der Waals surface area contributed by atoms with Crippen LogP contribution in [0.3, 0.4) is 0 Å². The maximum atomic E-state index is 12.3. The van der Waals surface area contributed by atoms with E-state index in [-0.39, 0.29) is 18.5 Å². The normalized spacial score (nSPS) is 12.2. The van der Waals surface area contributed by atoms with E-state index >= 15 is 0 Å². The van der Waals surface area contributed by atoms with Gasteiger partial charge in [-0.15, -0.1) is 10.2 Å². The summed E-state index contributed by atoms with van der Waals surface area (Å²) in [6.07, 6.45) is 0. The summed E-state index contributed by atoms with van der Waals surface area (Å²) in [7, 11) is 0. The van der Waals surface area contributed by atoms with E-state index in [0.717, 1.165) is 22.7 Å². The molecule has 0 aliphatic carbocycles. The van der Waals surface area contributed by atoms with Gasteiger partial charge in [0.05, 0.1) is 5.75 Å². The minimum Gasteiger partial charge on any atom is -0.454 e. The van der Waals surface area contributed by atoms with Gasteiger partial charge in [-0.05, 0) is 36.8 Å². The zero-order chi connectivity index (χ0) is 20.2. The zero-order valence-electron chi connectivity index (χ0n) is 15.7. The van der Waals surface area contributed by atoms with Crippen molar-refractivity contribution in [2.45, 2.75) is 25.2 Å². The van der Waals surface area contributed by atoms with Crippen LogP contribution in [-0.4, -0.2) is 33.2 Å². The molecule has 0 unspecified atom stereocenters. The minimum atomic E-state index is -0.0809. The second-order valence-corrected chi connectivity index (χ2v) is 7.69. The highest BCUT2D eigenvalue weighted by molar-refractivity contribution is 7.99. The van der Waals surface area contributed by atoms with Crippen molar-refractivity contribution >= 4 is 29.3 Å². The summed E-state index contributed by atoms with van der Waals surface area (Å²) in [5.41, 5.74) is 1.85. The fourth-order valence-electron chi connectivity index (χ4n) is 2.95. The highest BCUT2D eigenvalue weighted by Crippen LogP contribution is 2.32. The van der Waals surface area contributed by atoms with Gasteiger partial charge in [0.15, 0.2) is 22.5 Å². The fraction of sp³-hybridized carbons (Fsp3) is 0.250. The molecular formula is C20H19ClN4O3S. The number of halogens is 1. The lowest BCUT2D eigenvalue weighted by Crippen LogP contribution is -2.24. The molecule has 3 aromatic rings. The summed E-state index contributed by atoms with van der Waals surface area (Å²) in [5, 5.41) is 12.8. The summed E-state index contributed by atoms with van der Waals surface area (Å²) in [4.78, 5) is 12.3. The van der Waals surface area contributed by atoms with E-state index < -0.39 is 0 Å². The number of rotatable bonds is 7. The van der Waals surface area contributed by atoms with E-state index in [9.17, 15) is 4.79 Å². The summed E-state index contributed by atoms with van der Waals surface area (Å²) >= 11 is 7.44. The second kappa shape index (κ2) is 8.75. The number of thioether (sulfide) groups is 1. The smallest absolute Gasteiger partial charge is 0.231 e. The Hall–Kier alpha value is -2.71. The number of benzene rings is 2. The molecule has 0 fully saturated rings. The van der Waals surface area contributed by atoms with E-state index in [4.69, 9.17) is 21.1 Å². The molecule has 1 aliphatic heterocycles. The molecule has 4 rings (SSSR count). The van der Waals surface area contributed by atoms with Gasteiger partial charge in [-0.1, -0.05) is 41.6 Å². The molecule has 29 heavy (non-hydrogen) atoms. The van der Waals surface area contributed by atoms with Crippen molar-refractivity contribution in [2.75, 3.05) is 12.5 Å². The molecule has 9 heteroatoms. The van der Waals surface area contributed by atoms with Gasteiger partial charge in [0.1, 0.15) is 0 Å². The lowest BCUT2D eigenvalue weighted by molar-refractivity contribution is -0.118. The molecule has 0 radical (unpaired) electrons. The Bertz CT molecular complexity index is 1040. The predicted octanol–water partition coefficient (Wildman–Crippen LogP) is 3.76. The van der Waals surface area contributed by atoms with Crippen LogP contribution in [0.15, 0.2) is 47.6 Å². The molecule has 1 aromatic heterocycles. The highest BCUT2D eigenvalue weighted by atomic mass is 35.5. The van der Waals surface area contributed by atoms with Crippen molar-refractivity contribution < 1.29 is 14.3 Å². The first kappa shape index (κ1) is 19.6. The first-order valence-electron chi connectivity index (χ1n) is 9.11. The monoisotopic (exact) mass is 430 g/mol. The second-order valence-electron chi connectivity index (χ2n) is 6.31. The van der Waals surface area contributed by atoms with Crippen LogP contribution in [0.4, 0.5) is 0 Å². The molecule has 0 bridgehead atoms. The number of nitrogens with zero attached hydrogens (tertiary/aromatic N) is 3. The number of carbonyl (C=O) groups is 1. The number of hydrogen-bond donors (Lipinski definition) is 1. The fourth-order valence-corrected chi connectivity index (χ4v) is 3.98. The SMILES string of the molecule is CCn1c(SCC(=O)NCc2ccc3c(c2)OCO3)nnc1-c1cccc(Cl)c1. The van der Waals surface area contributed by atoms with Crippen LogP contribution in [0.2, 0.25) is 5.02 Å². The van der Waals surface area contributed by atoms with Crippen LogP contribution in [0, 0.1) is 0 Å². The summed E-state index contributed by atoms with van der Waals surface area (Å²) in [6, 6.07) is 13.1. The Morgan fingerprint density at radius 2 is 2.07 bits per heavy atom. The molecule has 2 aromatic carbocycles. The Morgan fingerprint density at radius 3 is 2.90 bits per heavy atom. The summed E-state index contributed by atoms with van der Waals surface area (Å²) in [5.74, 6) is 2.33. The third-order valence-electron chi connectivity index (χ3n) is 4.37. The number of hydrogen-bond acceptors (Lipinski definition) is 6. The van der Waals surface area contributed by atoms with E-state index in [2.05, 4.69) is 15.5 Å². The molecule has 0 saturated heterocycles. The van der Waals surface area contributed by atoms with Gasteiger partial charge in [-0.3, -0.25) is 4.79 Å².